The molecule has 0 bridgehead atoms. The lowest BCUT2D eigenvalue weighted by Crippen LogP contribution is -2.32. The third kappa shape index (κ3) is 4.16. The Morgan fingerprint density at radius 2 is 1.90 bits per heavy atom. The van der Waals surface area contributed by atoms with Crippen LogP contribution in [0.4, 0.5) is 5.69 Å². The standard InChI is InChI=1S/C25H33N5O/c1-16(2)21-14-20(22-17(3)28-30(23(22)27-21)25(4,5)6)24(31)29-13-12-19(15-29)26-18-10-8-7-9-11-18/h7-11,14,16,19,26H,12-13,15H2,1-6H3. The van der Waals surface area contributed by atoms with Gasteiger partial charge in [-0.1, -0.05) is 32.0 Å². The number of hydrogen-bond donors (Lipinski definition) is 1. The van der Waals surface area contributed by atoms with Crippen molar-refractivity contribution >= 4 is 22.6 Å². The van der Waals surface area contributed by atoms with Gasteiger partial charge in [0, 0.05) is 30.5 Å². The molecule has 1 amide bonds. The summed E-state index contributed by atoms with van der Waals surface area (Å²) < 4.78 is 1.96. The van der Waals surface area contributed by atoms with Gasteiger partial charge in [-0.3, -0.25) is 4.79 Å². The van der Waals surface area contributed by atoms with Crippen LogP contribution in [0.5, 0.6) is 0 Å². The second-order valence-corrected chi connectivity index (χ2v) is 9.86. The molecule has 1 atom stereocenters. The van der Waals surface area contributed by atoms with E-state index in [2.05, 4.69) is 52.1 Å². The molecular formula is C25H33N5O. The van der Waals surface area contributed by atoms with E-state index in [1.165, 1.54) is 0 Å². The quantitative estimate of drug-likeness (QED) is 0.650. The SMILES string of the molecule is Cc1nn(C(C)(C)C)c2nc(C(C)C)cc(C(=O)N3CCC(Nc4ccccc4)C3)c12. The summed E-state index contributed by atoms with van der Waals surface area (Å²) in [7, 11) is 0. The largest absolute Gasteiger partial charge is 0.380 e. The van der Waals surface area contributed by atoms with E-state index in [0.29, 0.717) is 6.54 Å². The Hall–Kier alpha value is -2.89. The number of nitrogens with one attached hydrogen (secondary N) is 1. The van der Waals surface area contributed by atoms with Crippen molar-refractivity contribution < 1.29 is 4.79 Å². The zero-order valence-corrected chi connectivity index (χ0v) is 19.4. The van der Waals surface area contributed by atoms with Crippen LogP contribution in [0.3, 0.4) is 0 Å². The molecular weight excluding hydrogens is 386 g/mol. The molecule has 1 unspecified atom stereocenters. The van der Waals surface area contributed by atoms with E-state index < -0.39 is 0 Å². The summed E-state index contributed by atoms with van der Waals surface area (Å²) in [6.45, 7) is 14.0. The van der Waals surface area contributed by atoms with E-state index in [9.17, 15) is 4.79 Å². The Morgan fingerprint density at radius 3 is 2.55 bits per heavy atom. The van der Waals surface area contributed by atoms with Gasteiger partial charge in [0.25, 0.3) is 5.91 Å². The van der Waals surface area contributed by atoms with Gasteiger partial charge in [0.15, 0.2) is 5.65 Å². The summed E-state index contributed by atoms with van der Waals surface area (Å²) in [6.07, 6.45) is 0.937. The molecule has 1 aliphatic rings. The molecule has 164 valence electrons. The van der Waals surface area contributed by atoms with Crippen LogP contribution in [0.2, 0.25) is 0 Å². The highest BCUT2D eigenvalue weighted by Gasteiger charge is 2.31. The fourth-order valence-electron chi connectivity index (χ4n) is 4.24. The van der Waals surface area contributed by atoms with Crippen LogP contribution < -0.4 is 5.32 Å². The number of pyridine rings is 1. The molecule has 3 aromatic rings. The number of carbonyl (C=O) groups excluding carboxylic acids is 1. The van der Waals surface area contributed by atoms with E-state index in [4.69, 9.17) is 10.1 Å². The van der Waals surface area contributed by atoms with Gasteiger partial charge in [0.1, 0.15) is 0 Å². The van der Waals surface area contributed by atoms with Crippen molar-refractivity contribution in [2.75, 3.05) is 18.4 Å². The first-order valence-electron chi connectivity index (χ1n) is 11.2. The third-order valence-electron chi connectivity index (χ3n) is 5.91. The predicted molar refractivity (Wildman–Crippen MR) is 126 cm³/mol. The maximum Gasteiger partial charge on any atom is 0.254 e. The Kier molecular flexibility index (Phi) is 5.50. The molecule has 0 aliphatic carbocycles. The van der Waals surface area contributed by atoms with Crippen molar-refractivity contribution in [1.82, 2.24) is 19.7 Å². The van der Waals surface area contributed by atoms with E-state index >= 15 is 0 Å². The van der Waals surface area contributed by atoms with Gasteiger partial charge in [-0.25, -0.2) is 9.67 Å². The molecule has 2 aromatic heterocycles. The molecule has 1 aliphatic heterocycles. The van der Waals surface area contributed by atoms with Crippen LogP contribution in [0.1, 0.15) is 68.7 Å². The summed E-state index contributed by atoms with van der Waals surface area (Å²) in [4.78, 5) is 20.6. The Balaban J connectivity index is 1.68. The monoisotopic (exact) mass is 419 g/mol. The minimum atomic E-state index is -0.215. The molecule has 31 heavy (non-hydrogen) atoms. The van der Waals surface area contributed by atoms with Crippen LogP contribution in [-0.4, -0.2) is 44.7 Å². The summed E-state index contributed by atoms with van der Waals surface area (Å²) in [5.41, 5.74) is 4.19. The average Bonchev–Trinajstić information content (AvgIpc) is 3.32. The van der Waals surface area contributed by atoms with Crippen LogP contribution in [0.15, 0.2) is 36.4 Å². The molecule has 3 heterocycles. The second kappa shape index (κ2) is 7.98. The maximum absolute atomic E-state index is 13.7. The van der Waals surface area contributed by atoms with Gasteiger partial charge >= 0.3 is 0 Å². The Morgan fingerprint density at radius 1 is 1.19 bits per heavy atom. The maximum atomic E-state index is 13.7. The van der Waals surface area contributed by atoms with Crippen molar-refractivity contribution in [2.45, 2.75) is 65.5 Å². The molecule has 0 radical (unpaired) electrons. The summed E-state index contributed by atoms with van der Waals surface area (Å²) >= 11 is 0. The number of hydrogen-bond acceptors (Lipinski definition) is 4. The molecule has 4 rings (SSSR count). The summed E-state index contributed by atoms with van der Waals surface area (Å²) in [5, 5.41) is 9.21. The topological polar surface area (TPSA) is 63.1 Å². The first kappa shape index (κ1) is 21.3. The highest BCUT2D eigenvalue weighted by atomic mass is 16.2. The number of carbonyl (C=O) groups is 1. The zero-order valence-electron chi connectivity index (χ0n) is 19.4. The van der Waals surface area contributed by atoms with Crippen LogP contribution in [0.25, 0.3) is 11.0 Å². The molecule has 6 heteroatoms. The Bertz CT molecular complexity index is 1090. The second-order valence-electron chi connectivity index (χ2n) is 9.86. The molecule has 6 nitrogen and oxygen atoms in total. The number of aryl methyl sites for hydroxylation is 1. The number of likely N-dealkylation sites (tertiary alicyclic amines) is 1. The normalized spacial score (nSPS) is 17.0. The third-order valence-corrected chi connectivity index (χ3v) is 5.91. The number of benzene rings is 1. The molecule has 1 aromatic carbocycles. The average molecular weight is 420 g/mol. The highest BCUT2D eigenvalue weighted by molar-refractivity contribution is 6.06. The van der Waals surface area contributed by atoms with Crippen LogP contribution in [0, 0.1) is 6.92 Å². The van der Waals surface area contributed by atoms with Crippen molar-refractivity contribution in [3.63, 3.8) is 0 Å². The van der Waals surface area contributed by atoms with Crippen molar-refractivity contribution in [2.24, 2.45) is 0 Å². The fraction of sp³-hybridized carbons (Fsp3) is 0.480. The Labute approximate surface area is 184 Å². The predicted octanol–water partition coefficient (Wildman–Crippen LogP) is 4.94. The lowest BCUT2D eigenvalue weighted by molar-refractivity contribution is 0.0793. The first-order chi connectivity index (χ1) is 14.6. The van der Waals surface area contributed by atoms with Crippen molar-refractivity contribution in [3.05, 3.63) is 53.3 Å². The number of anilines is 1. The van der Waals surface area contributed by atoms with Crippen LogP contribution in [-0.2, 0) is 5.54 Å². The number of aromatic nitrogens is 3. The highest BCUT2D eigenvalue weighted by Crippen LogP contribution is 2.30. The number of nitrogens with zero attached hydrogens (tertiary/aromatic N) is 4. The van der Waals surface area contributed by atoms with Gasteiger partial charge in [0.05, 0.1) is 22.2 Å². The van der Waals surface area contributed by atoms with Gasteiger partial charge in [-0.15, -0.1) is 0 Å². The lowest BCUT2D eigenvalue weighted by Gasteiger charge is -2.21. The number of para-hydroxylation sites is 1. The number of rotatable bonds is 4. The minimum absolute atomic E-state index is 0.0724. The van der Waals surface area contributed by atoms with E-state index in [0.717, 1.165) is 46.6 Å². The van der Waals surface area contributed by atoms with Gasteiger partial charge < -0.3 is 10.2 Å². The molecule has 0 saturated carbocycles. The molecule has 1 saturated heterocycles. The summed E-state index contributed by atoms with van der Waals surface area (Å²) in [6, 6.07) is 12.4. The minimum Gasteiger partial charge on any atom is -0.380 e. The van der Waals surface area contributed by atoms with E-state index in [-0.39, 0.29) is 23.4 Å². The van der Waals surface area contributed by atoms with Crippen molar-refractivity contribution in [3.8, 4) is 0 Å². The zero-order chi connectivity index (χ0) is 22.3. The smallest absolute Gasteiger partial charge is 0.254 e. The van der Waals surface area contributed by atoms with Crippen LogP contribution >= 0.6 is 0 Å². The molecule has 1 N–H and O–H groups in total. The lowest BCUT2D eigenvalue weighted by atomic mass is 10.0. The number of amides is 1. The van der Waals surface area contributed by atoms with E-state index in [1.54, 1.807) is 0 Å². The van der Waals surface area contributed by atoms with E-state index in [1.807, 2.05) is 40.8 Å². The van der Waals surface area contributed by atoms with Gasteiger partial charge in [0.2, 0.25) is 0 Å². The number of fused-ring (bicyclic) bond motifs is 1. The van der Waals surface area contributed by atoms with Gasteiger partial charge in [-0.2, -0.15) is 5.10 Å². The first-order valence-corrected chi connectivity index (χ1v) is 11.2. The van der Waals surface area contributed by atoms with Crippen molar-refractivity contribution in [1.29, 1.82) is 0 Å². The van der Waals surface area contributed by atoms with Gasteiger partial charge in [-0.05, 0) is 58.2 Å². The molecule has 1 fully saturated rings. The summed E-state index contributed by atoms with van der Waals surface area (Å²) in [5.74, 6) is 0.300. The molecule has 0 spiro atoms. The fourth-order valence-corrected chi connectivity index (χ4v) is 4.24.